The molecule has 0 radical (unpaired) electrons. The molecule has 1 aromatic carbocycles. The number of fused-ring (bicyclic) bond motifs is 1. The van der Waals surface area contributed by atoms with Crippen LogP contribution in [0.15, 0.2) is 41.0 Å². The lowest BCUT2D eigenvalue weighted by molar-refractivity contribution is 0.0948. The average Bonchev–Trinajstić information content (AvgIpc) is 3.39. The number of benzene rings is 1. The third-order valence-corrected chi connectivity index (χ3v) is 4.44. The van der Waals surface area contributed by atoms with Gasteiger partial charge < -0.3 is 25.1 Å². The number of anilines is 3. The van der Waals surface area contributed by atoms with Crippen molar-refractivity contribution in [3.63, 3.8) is 0 Å². The predicted octanol–water partition coefficient (Wildman–Crippen LogP) is 3.31. The van der Waals surface area contributed by atoms with Crippen molar-refractivity contribution in [1.82, 2.24) is 15.3 Å². The second-order valence-corrected chi connectivity index (χ2v) is 6.75. The molecule has 1 fully saturated rings. The number of amides is 1. The average molecular weight is 381 g/mol. The van der Waals surface area contributed by atoms with Crippen molar-refractivity contribution < 1.29 is 13.9 Å². The highest BCUT2D eigenvalue weighted by atomic mass is 16.5. The van der Waals surface area contributed by atoms with E-state index in [1.54, 1.807) is 25.5 Å². The zero-order valence-corrected chi connectivity index (χ0v) is 15.7. The maximum Gasteiger partial charge on any atom is 0.251 e. The van der Waals surface area contributed by atoms with E-state index >= 15 is 0 Å². The summed E-state index contributed by atoms with van der Waals surface area (Å²) in [6.07, 6.45) is 4.68. The van der Waals surface area contributed by atoms with Gasteiger partial charge in [-0.25, -0.2) is 4.98 Å². The van der Waals surface area contributed by atoms with Crippen molar-refractivity contribution in [2.45, 2.75) is 25.3 Å². The smallest absolute Gasteiger partial charge is 0.251 e. The van der Waals surface area contributed by atoms with Gasteiger partial charge in [-0.2, -0.15) is 4.98 Å². The number of hydrogen-bond acceptors (Lipinski definition) is 7. The monoisotopic (exact) mass is 381 g/mol. The van der Waals surface area contributed by atoms with Crippen LogP contribution in [0.4, 0.5) is 17.5 Å². The van der Waals surface area contributed by atoms with Gasteiger partial charge in [-0.05, 0) is 43.5 Å². The van der Waals surface area contributed by atoms with Crippen molar-refractivity contribution in [1.29, 1.82) is 0 Å². The van der Waals surface area contributed by atoms with E-state index in [4.69, 9.17) is 9.15 Å². The lowest BCUT2D eigenvalue weighted by Crippen LogP contribution is -2.25. The van der Waals surface area contributed by atoms with Crippen molar-refractivity contribution in [2.24, 2.45) is 0 Å². The van der Waals surface area contributed by atoms with E-state index in [0.717, 1.165) is 30.5 Å². The molecule has 8 heteroatoms. The van der Waals surface area contributed by atoms with E-state index in [-0.39, 0.29) is 5.91 Å². The van der Waals surface area contributed by atoms with Gasteiger partial charge in [0.2, 0.25) is 5.95 Å². The van der Waals surface area contributed by atoms with Gasteiger partial charge >= 0.3 is 0 Å². The first kappa shape index (κ1) is 18.2. The van der Waals surface area contributed by atoms with E-state index < -0.39 is 0 Å². The molecule has 0 spiro atoms. The zero-order chi connectivity index (χ0) is 19.3. The van der Waals surface area contributed by atoms with E-state index in [9.17, 15) is 4.79 Å². The highest BCUT2D eigenvalue weighted by Crippen LogP contribution is 2.29. The molecule has 8 nitrogen and oxygen atoms in total. The number of hydrogen-bond donors (Lipinski definition) is 3. The molecule has 146 valence electrons. The second-order valence-electron chi connectivity index (χ2n) is 6.75. The predicted molar refractivity (Wildman–Crippen MR) is 107 cm³/mol. The van der Waals surface area contributed by atoms with E-state index in [1.807, 2.05) is 18.2 Å². The molecule has 2 aromatic heterocycles. The van der Waals surface area contributed by atoms with Crippen LogP contribution >= 0.6 is 0 Å². The minimum Gasteiger partial charge on any atom is -0.459 e. The molecular weight excluding hydrogens is 358 g/mol. The summed E-state index contributed by atoms with van der Waals surface area (Å²) in [5, 5.41) is 9.44. The van der Waals surface area contributed by atoms with Crippen LogP contribution in [0.25, 0.3) is 11.1 Å². The first-order valence-electron chi connectivity index (χ1n) is 9.39. The van der Waals surface area contributed by atoms with Crippen LogP contribution in [-0.4, -0.2) is 42.2 Å². The minimum absolute atomic E-state index is 0.102. The van der Waals surface area contributed by atoms with Crippen molar-refractivity contribution >= 4 is 34.5 Å². The summed E-state index contributed by atoms with van der Waals surface area (Å²) in [6.45, 7) is 1.21. The molecule has 3 N–H and O–H groups in total. The van der Waals surface area contributed by atoms with Crippen LogP contribution in [0, 0.1) is 0 Å². The molecule has 0 bridgehead atoms. The molecule has 4 rings (SSSR count). The fourth-order valence-corrected chi connectivity index (χ4v) is 2.79. The second kappa shape index (κ2) is 8.26. The quantitative estimate of drug-likeness (QED) is 0.489. The summed E-state index contributed by atoms with van der Waals surface area (Å²) < 4.78 is 10.5. The van der Waals surface area contributed by atoms with Crippen LogP contribution in [0.1, 0.15) is 29.6 Å². The Bertz CT molecular complexity index is 950. The van der Waals surface area contributed by atoms with Gasteiger partial charge in [0.25, 0.3) is 5.91 Å². The van der Waals surface area contributed by atoms with Crippen molar-refractivity contribution in [3.8, 4) is 0 Å². The van der Waals surface area contributed by atoms with E-state index in [1.165, 1.54) is 0 Å². The minimum atomic E-state index is -0.102. The molecule has 1 aliphatic rings. The maximum absolute atomic E-state index is 12.1. The van der Waals surface area contributed by atoms with Crippen LogP contribution in [0.5, 0.6) is 0 Å². The van der Waals surface area contributed by atoms with E-state index in [2.05, 4.69) is 25.9 Å². The van der Waals surface area contributed by atoms with Gasteiger partial charge in [0, 0.05) is 43.6 Å². The SMILES string of the molecule is COCCCNC(=O)c1ccc(Nc2nc(NC3CC3)c3occc3n2)cc1. The van der Waals surface area contributed by atoms with Gasteiger partial charge in [0.05, 0.1) is 6.26 Å². The highest BCUT2D eigenvalue weighted by Gasteiger charge is 2.23. The molecule has 2 heterocycles. The Morgan fingerprint density at radius 1 is 1.21 bits per heavy atom. The fraction of sp³-hybridized carbons (Fsp3) is 0.350. The van der Waals surface area contributed by atoms with Gasteiger partial charge in [0.1, 0.15) is 5.52 Å². The Morgan fingerprint density at radius 2 is 2.04 bits per heavy atom. The molecule has 1 saturated carbocycles. The molecular formula is C20H23N5O3. The standard InChI is InChI=1S/C20H23N5O3/c1-27-11-2-10-21-19(26)13-3-5-15(6-4-13)23-20-24-16-9-12-28-17(16)18(25-20)22-14-7-8-14/h3-6,9,12,14H,2,7-8,10-11H2,1H3,(H,21,26)(H2,22,23,24,25). The Hall–Kier alpha value is -3.13. The summed E-state index contributed by atoms with van der Waals surface area (Å²) in [5.74, 6) is 1.08. The van der Waals surface area contributed by atoms with Gasteiger partial charge in [-0.1, -0.05) is 0 Å². The third-order valence-electron chi connectivity index (χ3n) is 4.44. The Balaban J connectivity index is 1.43. The third kappa shape index (κ3) is 4.40. The summed E-state index contributed by atoms with van der Waals surface area (Å²) in [6, 6.07) is 9.48. The molecule has 0 unspecified atom stereocenters. The molecule has 0 atom stereocenters. The van der Waals surface area contributed by atoms with Gasteiger partial charge in [-0.3, -0.25) is 4.79 Å². The largest absolute Gasteiger partial charge is 0.459 e. The maximum atomic E-state index is 12.1. The number of rotatable bonds is 9. The molecule has 1 amide bonds. The Kier molecular flexibility index (Phi) is 5.38. The number of furan rings is 1. The highest BCUT2D eigenvalue weighted by molar-refractivity contribution is 5.94. The summed E-state index contributed by atoms with van der Waals surface area (Å²) >= 11 is 0. The van der Waals surface area contributed by atoms with Crippen molar-refractivity contribution in [2.75, 3.05) is 30.9 Å². The molecule has 28 heavy (non-hydrogen) atoms. The van der Waals surface area contributed by atoms with Crippen LogP contribution in [0.3, 0.4) is 0 Å². The Labute approximate surface area is 162 Å². The molecule has 1 aliphatic carbocycles. The number of ether oxygens (including phenoxy) is 1. The summed E-state index contributed by atoms with van der Waals surface area (Å²) in [5.41, 5.74) is 2.81. The van der Waals surface area contributed by atoms with E-state index in [0.29, 0.717) is 42.1 Å². The summed E-state index contributed by atoms with van der Waals surface area (Å²) in [7, 11) is 1.65. The van der Waals surface area contributed by atoms with Gasteiger partial charge in [-0.15, -0.1) is 0 Å². The van der Waals surface area contributed by atoms with Gasteiger partial charge in [0.15, 0.2) is 11.4 Å². The molecule has 0 aliphatic heterocycles. The number of nitrogens with one attached hydrogen (secondary N) is 3. The number of nitrogens with zero attached hydrogens (tertiary/aromatic N) is 2. The number of methoxy groups -OCH3 is 1. The summed E-state index contributed by atoms with van der Waals surface area (Å²) in [4.78, 5) is 21.2. The zero-order valence-electron chi connectivity index (χ0n) is 15.7. The Morgan fingerprint density at radius 3 is 2.79 bits per heavy atom. The lowest BCUT2D eigenvalue weighted by Gasteiger charge is -2.09. The number of aromatic nitrogens is 2. The normalized spacial score (nSPS) is 13.5. The van der Waals surface area contributed by atoms with Crippen LogP contribution in [0.2, 0.25) is 0 Å². The fourth-order valence-electron chi connectivity index (χ4n) is 2.79. The number of carbonyl (C=O) groups excluding carboxylic acids is 1. The van der Waals surface area contributed by atoms with Crippen molar-refractivity contribution in [3.05, 3.63) is 42.2 Å². The molecule has 3 aromatic rings. The van der Waals surface area contributed by atoms with Crippen LogP contribution in [-0.2, 0) is 4.74 Å². The lowest BCUT2D eigenvalue weighted by atomic mass is 10.2. The first-order valence-corrected chi connectivity index (χ1v) is 9.39. The number of carbonyl (C=O) groups is 1. The molecule has 0 saturated heterocycles. The first-order chi connectivity index (χ1) is 13.7. The van der Waals surface area contributed by atoms with Crippen LogP contribution < -0.4 is 16.0 Å². The topological polar surface area (TPSA) is 101 Å².